The summed E-state index contributed by atoms with van der Waals surface area (Å²) in [5.74, 6) is 0. The van der Waals surface area contributed by atoms with Gasteiger partial charge in [0, 0.05) is 11.1 Å². The third-order valence-electron chi connectivity index (χ3n) is 5.11. The van der Waals surface area contributed by atoms with Crippen LogP contribution in [-0.4, -0.2) is 0 Å². The second-order valence-corrected chi connectivity index (χ2v) is 5.64. The number of hydrogen-bond acceptors (Lipinski definition) is 2. The summed E-state index contributed by atoms with van der Waals surface area (Å²) in [5, 5.41) is 9.39. The van der Waals surface area contributed by atoms with Crippen LogP contribution < -0.4 is 5.73 Å². The van der Waals surface area contributed by atoms with Crippen LogP contribution in [0.25, 0.3) is 0 Å². The van der Waals surface area contributed by atoms with E-state index in [1.807, 2.05) is 0 Å². The number of nitrogens with zero attached hydrogens (tertiary/aromatic N) is 1. The van der Waals surface area contributed by atoms with Crippen molar-refractivity contribution in [1.82, 2.24) is 0 Å². The van der Waals surface area contributed by atoms with E-state index in [0.29, 0.717) is 5.41 Å². The zero-order valence-corrected chi connectivity index (χ0v) is 9.63. The van der Waals surface area contributed by atoms with Crippen molar-refractivity contribution in [3.05, 3.63) is 23.4 Å². The average molecular weight is 214 g/mol. The molecule has 0 saturated heterocycles. The molecule has 16 heavy (non-hydrogen) atoms. The zero-order valence-electron chi connectivity index (χ0n) is 9.63. The second kappa shape index (κ2) is 3.13. The summed E-state index contributed by atoms with van der Waals surface area (Å²) in [6, 6.07) is 2.42. The quantitative estimate of drug-likeness (QED) is 0.630. The summed E-state index contributed by atoms with van der Waals surface area (Å²) >= 11 is 0. The summed E-state index contributed by atoms with van der Waals surface area (Å²) in [6.45, 7) is 0. The first-order valence-corrected chi connectivity index (χ1v) is 6.28. The van der Waals surface area contributed by atoms with E-state index >= 15 is 0 Å². The molecule has 0 unspecified atom stereocenters. The van der Waals surface area contributed by atoms with Crippen LogP contribution >= 0.6 is 0 Å². The summed E-state index contributed by atoms with van der Waals surface area (Å²) < 4.78 is 0. The molecule has 0 heterocycles. The summed E-state index contributed by atoms with van der Waals surface area (Å²) in [6.07, 6.45) is 12.7. The molecule has 0 aromatic carbocycles. The van der Waals surface area contributed by atoms with Gasteiger partial charge in [0.1, 0.15) is 0 Å². The number of allylic oxidation sites excluding steroid dienone is 4. The Hall–Kier alpha value is -1.23. The molecule has 2 heteroatoms. The molecule has 0 aliphatic heterocycles. The molecule has 2 nitrogen and oxygen atoms in total. The Morgan fingerprint density at radius 1 is 1.19 bits per heavy atom. The fraction of sp³-hybridized carbons (Fsp3) is 0.643. The lowest BCUT2D eigenvalue weighted by Crippen LogP contribution is -2.43. The van der Waals surface area contributed by atoms with Gasteiger partial charge in [0.15, 0.2) is 0 Å². The molecule has 3 aliphatic rings. The molecule has 0 amide bonds. The molecular weight excluding hydrogens is 196 g/mol. The van der Waals surface area contributed by atoms with Gasteiger partial charge in [-0.05, 0) is 37.5 Å². The van der Waals surface area contributed by atoms with Gasteiger partial charge in [-0.1, -0.05) is 25.0 Å². The van der Waals surface area contributed by atoms with Gasteiger partial charge in [-0.25, -0.2) is 0 Å². The highest BCUT2D eigenvalue weighted by atomic mass is 14.7. The molecule has 1 fully saturated rings. The fourth-order valence-electron chi connectivity index (χ4n) is 4.37. The van der Waals surface area contributed by atoms with Gasteiger partial charge in [-0.15, -0.1) is 0 Å². The van der Waals surface area contributed by atoms with Crippen LogP contribution in [0.5, 0.6) is 0 Å². The first-order valence-electron chi connectivity index (χ1n) is 6.28. The van der Waals surface area contributed by atoms with Crippen LogP contribution in [-0.2, 0) is 0 Å². The zero-order chi connectivity index (χ0) is 11.2. The fourth-order valence-corrected chi connectivity index (χ4v) is 4.37. The van der Waals surface area contributed by atoms with Crippen molar-refractivity contribution in [2.75, 3.05) is 0 Å². The molecule has 84 valence electrons. The van der Waals surface area contributed by atoms with Crippen LogP contribution in [0.1, 0.15) is 44.9 Å². The van der Waals surface area contributed by atoms with Crippen molar-refractivity contribution in [2.24, 2.45) is 16.6 Å². The third-order valence-corrected chi connectivity index (χ3v) is 5.11. The maximum Gasteiger partial charge on any atom is 0.0971 e. The van der Waals surface area contributed by atoms with Gasteiger partial charge >= 0.3 is 0 Å². The molecule has 0 bridgehead atoms. The Bertz CT molecular complexity index is 427. The van der Waals surface area contributed by atoms with E-state index in [1.165, 1.54) is 25.7 Å². The van der Waals surface area contributed by atoms with Crippen molar-refractivity contribution >= 4 is 0 Å². The number of nitriles is 1. The normalized spacial score (nSPS) is 41.4. The lowest BCUT2D eigenvalue weighted by Gasteiger charge is -2.51. The Balaban J connectivity index is 2.16. The first-order chi connectivity index (χ1) is 7.74. The molecule has 3 aliphatic carbocycles. The SMILES string of the molecule is N#CC1=C(N)C[C@]23CC=CC[C@@]12CCCC3. The topological polar surface area (TPSA) is 49.8 Å². The standard InChI is InChI=1S/C14H18N2/c15-10-11-12(16)9-13-5-1-3-7-14(11,13)8-4-2-6-13/h1,3H,2,4-9,16H2/t13-,14-/m1/s1. The number of nitrogens with two attached hydrogens (primary N) is 1. The Kier molecular flexibility index (Phi) is 1.95. The predicted molar refractivity (Wildman–Crippen MR) is 63.2 cm³/mol. The van der Waals surface area contributed by atoms with Crippen LogP contribution in [0.4, 0.5) is 0 Å². The molecule has 0 spiro atoms. The third kappa shape index (κ3) is 0.967. The monoisotopic (exact) mass is 214 g/mol. The second-order valence-electron chi connectivity index (χ2n) is 5.64. The van der Waals surface area contributed by atoms with E-state index in [0.717, 1.165) is 30.5 Å². The number of rotatable bonds is 0. The minimum absolute atomic E-state index is 0.110. The molecule has 0 radical (unpaired) electrons. The summed E-state index contributed by atoms with van der Waals surface area (Å²) in [7, 11) is 0. The minimum atomic E-state index is 0.110. The molecule has 1 saturated carbocycles. The van der Waals surface area contributed by atoms with E-state index in [2.05, 4.69) is 18.2 Å². The molecule has 0 aromatic rings. The highest BCUT2D eigenvalue weighted by Crippen LogP contribution is 2.67. The Morgan fingerprint density at radius 2 is 1.94 bits per heavy atom. The van der Waals surface area contributed by atoms with E-state index in [4.69, 9.17) is 5.73 Å². The van der Waals surface area contributed by atoms with E-state index < -0.39 is 0 Å². The lowest BCUT2D eigenvalue weighted by molar-refractivity contribution is 0.0343. The van der Waals surface area contributed by atoms with E-state index in [1.54, 1.807) is 0 Å². The minimum Gasteiger partial charge on any atom is -0.401 e. The highest BCUT2D eigenvalue weighted by Gasteiger charge is 2.59. The Labute approximate surface area is 96.8 Å². The molecule has 0 aromatic heterocycles. The number of hydrogen-bond donors (Lipinski definition) is 1. The van der Waals surface area contributed by atoms with Crippen molar-refractivity contribution in [1.29, 1.82) is 5.26 Å². The maximum atomic E-state index is 9.39. The summed E-state index contributed by atoms with van der Waals surface area (Å²) in [5.41, 5.74) is 8.35. The van der Waals surface area contributed by atoms with Crippen LogP contribution in [0.3, 0.4) is 0 Å². The van der Waals surface area contributed by atoms with Crippen molar-refractivity contribution in [2.45, 2.75) is 44.9 Å². The Morgan fingerprint density at radius 3 is 2.75 bits per heavy atom. The van der Waals surface area contributed by atoms with Gasteiger partial charge in [-0.2, -0.15) is 5.26 Å². The molecular formula is C14H18N2. The highest BCUT2D eigenvalue weighted by molar-refractivity contribution is 5.44. The van der Waals surface area contributed by atoms with E-state index in [9.17, 15) is 5.26 Å². The van der Waals surface area contributed by atoms with Gasteiger partial charge in [0.05, 0.1) is 11.6 Å². The van der Waals surface area contributed by atoms with Crippen molar-refractivity contribution < 1.29 is 0 Å². The predicted octanol–water partition coefficient (Wildman–Crippen LogP) is 3.02. The molecule has 2 N–H and O–H groups in total. The van der Waals surface area contributed by atoms with Crippen molar-refractivity contribution in [3.63, 3.8) is 0 Å². The molecule has 2 atom stereocenters. The maximum absolute atomic E-state index is 9.39. The smallest absolute Gasteiger partial charge is 0.0971 e. The van der Waals surface area contributed by atoms with Crippen LogP contribution in [0.15, 0.2) is 23.4 Å². The van der Waals surface area contributed by atoms with Gasteiger partial charge in [0.2, 0.25) is 0 Å². The first kappa shape index (κ1) is 9.96. The largest absolute Gasteiger partial charge is 0.401 e. The molecule has 3 rings (SSSR count). The average Bonchev–Trinajstić information content (AvgIpc) is 2.56. The van der Waals surface area contributed by atoms with Crippen LogP contribution in [0, 0.1) is 22.2 Å². The van der Waals surface area contributed by atoms with Gasteiger partial charge in [-0.3, -0.25) is 0 Å². The van der Waals surface area contributed by atoms with Gasteiger partial charge < -0.3 is 5.73 Å². The lowest BCUT2D eigenvalue weighted by atomic mass is 9.51. The van der Waals surface area contributed by atoms with Crippen molar-refractivity contribution in [3.8, 4) is 6.07 Å². The summed E-state index contributed by atoms with van der Waals surface area (Å²) in [4.78, 5) is 0. The van der Waals surface area contributed by atoms with Crippen LogP contribution in [0.2, 0.25) is 0 Å². The van der Waals surface area contributed by atoms with Gasteiger partial charge in [0.25, 0.3) is 0 Å². The van der Waals surface area contributed by atoms with E-state index in [-0.39, 0.29) is 5.41 Å².